The fourth-order valence-corrected chi connectivity index (χ4v) is 1.86. The van der Waals surface area contributed by atoms with E-state index in [0.29, 0.717) is 17.0 Å². The van der Waals surface area contributed by atoms with Crippen LogP contribution in [0.3, 0.4) is 0 Å². The minimum Gasteiger partial charge on any atom is -0.508 e. The molecule has 0 unspecified atom stereocenters. The van der Waals surface area contributed by atoms with Crippen LogP contribution in [-0.4, -0.2) is 20.1 Å². The molecular weight excluding hydrogens is 233 g/mol. The summed E-state index contributed by atoms with van der Waals surface area (Å²) in [6, 6.07) is 5.82. The second-order valence-corrected chi connectivity index (χ2v) is 4.08. The molecule has 0 aliphatic heterocycles. The number of fused-ring (bicyclic) bond motifs is 1. The van der Waals surface area contributed by atoms with Gasteiger partial charge in [0.2, 0.25) is 0 Å². The van der Waals surface area contributed by atoms with E-state index in [-0.39, 0.29) is 5.75 Å². The van der Waals surface area contributed by atoms with Crippen LogP contribution in [0.1, 0.15) is 5.56 Å². The zero-order chi connectivity index (χ0) is 12.7. The number of halogens is 1. The number of aromatic hydroxyl groups is 1. The number of aromatic nitrogens is 3. The molecule has 2 aromatic heterocycles. The standard InChI is InChI=1S/C13H10FN3O/c1-7-4-5-15-13-11(7)16-12(17-13)9-3-2-8(18)6-10(9)14/h2-6,18H,1H3,(H,15,16,17). The van der Waals surface area contributed by atoms with Crippen LogP contribution < -0.4 is 0 Å². The van der Waals surface area contributed by atoms with E-state index in [4.69, 9.17) is 0 Å². The number of H-pyrrole nitrogens is 1. The topological polar surface area (TPSA) is 61.8 Å². The smallest absolute Gasteiger partial charge is 0.178 e. The van der Waals surface area contributed by atoms with Crippen molar-refractivity contribution < 1.29 is 9.50 Å². The number of imidazole rings is 1. The van der Waals surface area contributed by atoms with Gasteiger partial charge in [-0.2, -0.15) is 0 Å². The van der Waals surface area contributed by atoms with Crippen molar-refractivity contribution in [3.05, 3.63) is 41.8 Å². The summed E-state index contributed by atoms with van der Waals surface area (Å²) >= 11 is 0. The van der Waals surface area contributed by atoms with Crippen molar-refractivity contribution in [1.29, 1.82) is 0 Å². The SMILES string of the molecule is Cc1ccnc2nc(-c3ccc(O)cc3F)[nH]c12. The fourth-order valence-electron chi connectivity index (χ4n) is 1.86. The molecule has 0 bridgehead atoms. The zero-order valence-corrected chi connectivity index (χ0v) is 9.61. The van der Waals surface area contributed by atoms with Gasteiger partial charge >= 0.3 is 0 Å². The summed E-state index contributed by atoms with van der Waals surface area (Å²) in [5.74, 6) is -0.224. The first-order chi connectivity index (χ1) is 8.65. The van der Waals surface area contributed by atoms with E-state index >= 15 is 0 Å². The summed E-state index contributed by atoms with van der Waals surface area (Å²) in [6.07, 6.45) is 1.66. The van der Waals surface area contributed by atoms with E-state index in [1.165, 1.54) is 12.1 Å². The lowest BCUT2D eigenvalue weighted by Gasteiger charge is -1.99. The van der Waals surface area contributed by atoms with E-state index < -0.39 is 5.82 Å². The van der Waals surface area contributed by atoms with Gasteiger partial charge in [0.15, 0.2) is 5.65 Å². The Morgan fingerprint density at radius 2 is 2.11 bits per heavy atom. The van der Waals surface area contributed by atoms with Crippen LogP contribution in [0, 0.1) is 12.7 Å². The van der Waals surface area contributed by atoms with Gasteiger partial charge in [0.05, 0.1) is 11.1 Å². The maximum atomic E-state index is 13.7. The molecule has 5 heteroatoms. The number of hydrogen-bond acceptors (Lipinski definition) is 3. The van der Waals surface area contributed by atoms with Gasteiger partial charge < -0.3 is 10.1 Å². The van der Waals surface area contributed by atoms with E-state index in [2.05, 4.69) is 15.0 Å². The van der Waals surface area contributed by atoms with Gasteiger partial charge in [-0.25, -0.2) is 14.4 Å². The lowest BCUT2D eigenvalue weighted by molar-refractivity contribution is 0.469. The molecule has 0 radical (unpaired) electrons. The molecule has 0 fully saturated rings. The van der Waals surface area contributed by atoms with Crippen LogP contribution in [0.2, 0.25) is 0 Å². The van der Waals surface area contributed by atoms with Crippen LogP contribution in [0.15, 0.2) is 30.5 Å². The van der Waals surface area contributed by atoms with Gasteiger partial charge in [0.25, 0.3) is 0 Å². The molecule has 0 aliphatic rings. The number of aryl methyl sites for hydroxylation is 1. The second-order valence-electron chi connectivity index (χ2n) is 4.08. The Kier molecular flexibility index (Phi) is 2.26. The average molecular weight is 243 g/mol. The Morgan fingerprint density at radius 3 is 2.83 bits per heavy atom. The molecule has 3 rings (SSSR count). The van der Waals surface area contributed by atoms with Gasteiger partial charge in [-0.05, 0) is 30.7 Å². The number of phenols is 1. The van der Waals surface area contributed by atoms with Gasteiger partial charge in [-0.1, -0.05) is 0 Å². The number of benzene rings is 1. The molecule has 0 saturated carbocycles. The number of pyridine rings is 1. The minimum atomic E-state index is -0.522. The Labute approximate surface area is 102 Å². The molecule has 0 saturated heterocycles. The minimum absolute atomic E-state index is 0.110. The molecule has 18 heavy (non-hydrogen) atoms. The molecule has 4 nitrogen and oxygen atoms in total. The molecule has 2 heterocycles. The lowest BCUT2D eigenvalue weighted by atomic mass is 10.2. The van der Waals surface area contributed by atoms with Crippen LogP contribution in [0.25, 0.3) is 22.6 Å². The van der Waals surface area contributed by atoms with Crippen LogP contribution in [-0.2, 0) is 0 Å². The van der Waals surface area contributed by atoms with Crippen LogP contribution in [0.4, 0.5) is 4.39 Å². The van der Waals surface area contributed by atoms with Crippen LogP contribution >= 0.6 is 0 Å². The van der Waals surface area contributed by atoms with Crippen LogP contribution in [0.5, 0.6) is 5.75 Å². The summed E-state index contributed by atoms with van der Waals surface area (Å²) in [5, 5.41) is 9.19. The monoisotopic (exact) mass is 243 g/mol. The molecule has 1 aromatic carbocycles. The number of rotatable bonds is 1. The van der Waals surface area contributed by atoms with Crippen molar-refractivity contribution in [2.75, 3.05) is 0 Å². The van der Waals surface area contributed by atoms with Gasteiger partial charge in [-0.15, -0.1) is 0 Å². The molecule has 0 spiro atoms. The predicted molar refractivity (Wildman–Crippen MR) is 65.7 cm³/mol. The quantitative estimate of drug-likeness (QED) is 0.690. The molecular formula is C13H10FN3O. The van der Waals surface area contributed by atoms with E-state index in [9.17, 15) is 9.50 Å². The van der Waals surface area contributed by atoms with Gasteiger partial charge in [-0.3, -0.25) is 0 Å². The fraction of sp³-hybridized carbons (Fsp3) is 0.0769. The first-order valence-corrected chi connectivity index (χ1v) is 5.45. The molecule has 90 valence electrons. The summed E-state index contributed by atoms with van der Waals surface area (Å²) in [7, 11) is 0. The summed E-state index contributed by atoms with van der Waals surface area (Å²) in [4.78, 5) is 11.4. The summed E-state index contributed by atoms with van der Waals surface area (Å²) in [6.45, 7) is 1.93. The molecule has 0 atom stereocenters. The highest BCUT2D eigenvalue weighted by atomic mass is 19.1. The third-order valence-corrected chi connectivity index (χ3v) is 2.81. The Morgan fingerprint density at radius 1 is 1.28 bits per heavy atom. The Bertz CT molecular complexity index is 736. The van der Waals surface area contributed by atoms with Crippen molar-refractivity contribution >= 4 is 11.2 Å². The number of nitrogens with one attached hydrogen (secondary N) is 1. The maximum absolute atomic E-state index is 13.7. The predicted octanol–water partition coefficient (Wildman–Crippen LogP) is 2.78. The Balaban J connectivity index is 2.23. The number of phenolic OH excluding ortho intramolecular Hbond substituents is 1. The number of nitrogens with zero attached hydrogens (tertiary/aromatic N) is 2. The first kappa shape index (κ1) is 10.7. The van der Waals surface area contributed by atoms with Crippen molar-refractivity contribution in [2.45, 2.75) is 6.92 Å². The van der Waals surface area contributed by atoms with Gasteiger partial charge in [0, 0.05) is 12.3 Å². The zero-order valence-electron chi connectivity index (χ0n) is 9.61. The maximum Gasteiger partial charge on any atom is 0.178 e. The van der Waals surface area contributed by atoms with Gasteiger partial charge in [0.1, 0.15) is 17.4 Å². The summed E-state index contributed by atoms with van der Waals surface area (Å²) in [5.41, 5.74) is 2.65. The second kappa shape index (κ2) is 3.80. The van der Waals surface area contributed by atoms with Crippen molar-refractivity contribution in [3.63, 3.8) is 0 Å². The highest BCUT2D eigenvalue weighted by molar-refractivity contribution is 5.78. The number of aromatic amines is 1. The average Bonchev–Trinajstić information content (AvgIpc) is 2.74. The Hall–Kier alpha value is -2.43. The lowest BCUT2D eigenvalue weighted by Crippen LogP contribution is -1.85. The molecule has 0 amide bonds. The van der Waals surface area contributed by atoms with E-state index in [1.54, 1.807) is 6.20 Å². The van der Waals surface area contributed by atoms with Crippen molar-refractivity contribution in [3.8, 4) is 17.1 Å². The normalized spacial score (nSPS) is 11.0. The number of hydrogen-bond donors (Lipinski definition) is 2. The molecule has 2 N–H and O–H groups in total. The summed E-state index contributed by atoms with van der Waals surface area (Å²) < 4.78 is 13.7. The highest BCUT2D eigenvalue weighted by Gasteiger charge is 2.12. The van der Waals surface area contributed by atoms with E-state index in [1.807, 2.05) is 13.0 Å². The molecule has 0 aliphatic carbocycles. The molecule has 3 aromatic rings. The van der Waals surface area contributed by atoms with E-state index in [0.717, 1.165) is 17.1 Å². The largest absolute Gasteiger partial charge is 0.508 e. The third-order valence-electron chi connectivity index (χ3n) is 2.81. The van der Waals surface area contributed by atoms with Crippen molar-refractivity contribution in [1.82, 2.24) is 15.0 Å². The third kappa shape index (κ3) is 1.60. The highest BCUT2D eigenvalue weighted by Crippen LogP contribution is 2.25. The first-order valence-electron chi connectivity index (χ1n) is 5.45. The van der Waals surface area contributed by atoms with Crippen molar-refractivity contribution in [2.24, 2.45) is 0 Å².